The topological polar surface area (TPSA) is 41.5 Å². The van der Waals surface area contributed by atoms with Gasteiger partial charge < -0.3 is 5.32 Å². The van der Waals surface area contributed by atoms with Crippen LogP contribution >= 0.6 is 0 Å². The number of nitroso groups, excluding NO2 is 1. The van der Waals surface area contributed by atoms with E-state index in [0.717, 1.165) is 13.1 Å². The van der Waals surface area contributed by atoms with Crippen molar-refractivity contribution in [2.24, 2.45) is 17.0 Å². The van der Waals surface area contributed by atoms with Gasteiger partial charge >= 0.3 is 0 Å². The van der Waals surface area contributed by atoms with Crippen molar-refractivity contribution < 1.29 is 0 Å². The summed E-state index contributed by atoms with van der Waals surface area (Å²) in [6.45, 7) is 2.03. The van der Waals surface area contributed by atoms with Crippen molar-refractivity contribution in [1.29, 1.82) is 0 Å². The highest BCUT2D eigenvalue weighted by atomic mass is 16.3. The predicted octanol–water partition coefficient (Wildman–Crippen LogP) is -0.0294. The molecule has 0 bridgehead atoms. The molecule has 2 fully saturated rings. The first-order valence-corrected chi connectivity index (χ1v) is 2.96. The van der Waals surface area contributed by atoms with Crippen molar-refractivity contribution in [2.45, 2.75) is 6.04 Å². The highest BCUT2D eigenvalue weighted by Crippen LogP contribution is 2.43. The monoisotopic (exact) mass is 112 g/mol. The molecule has 44 valence electrons. The van der Waals surface area contributed by atoms with Crippen molar-refractivity contribution in [3.8, 4) is 0 Å². The van der Waals surface area contributed by atoms with Crippen LogP contribution in [0.1, 0.15) is 0 Å². The first kappa shape index (κ1) is 4.44. The number of hydrogen-bond donors (Lipinski definition) is 1. The van der Waals surface area contributed by atoms with Gasteiger partial charge in [-0.25, -0.2) is 0 Å². The Balaban J connectivity index is 2.03. The van der Waals surface area contributed by atoms with Gasteiger partial charge in [0.15, 0.2) is 0 Å². The summed E-state index contributed by atoms with van der Waals surface area (Å²) in [7, 11) is 0. The van der Waals surface area contributed by atoms with E-state index in [0.29, 0.717) is 11.8 Å². The summed E-state index contributed by atoms with van der Waals surface area (Å²) in [6, 6.07) is 0.177. The van der Waals surface area contributed by atoms with E-state index >= 15 is 0 Å². The Morgan fingerprint density at radius 1 is 1.38 bits per heavy atom. The third-order valence-corrected chi connectivity index (χ3v) is 2.17. The summed E-state index contributed by atoms with van der Waals surface area (Å²) in [5.41, 5.74) is 0. The van der Waals surface area contributed by atoms with E-state index in [9.17, 15) is 4.91 Å². The quantitative estimate of drug-likeness (QED) is 0.484. The van der Waals surface area contributed by atoms with E-state index in [1.54, 1.807) is 0 Å². The minimum atomic E-state index is 0.177. The Hall–Kier alpha value is -0.440. The predicted molar refractivity (Wildman–Crippen MR) is 29.4 cm³/mol. The smallest absolute Gasteiger partial charge is 0.101 e. The zero-order valence-corrected chi connectivity index (χ0v) is 4.50. The van der Waals surface area contributed by atoms with Crippen LogP contribution in [0.2, 0.25) is 0 Å². The molecule has 1 saturated heterocycles. The Bertz CT molecular complexity index is 116. The average Bonchev–Trinajstić information content (AvgIpc) is 2.22. The Morgan fingerprint density at radius 3 is 2.38 bits per heavy atom. The number of piperidine rings is 1. The van der Waals surface area contributed by atoms with E-state index in [-0.39, 0.29) is 6.04 Å². The number of rotatable bonds is 1. The fourth-order valence-electron chi connectivity index (χ4n) is 1.54. The van der Waals surface area contributed by atoms with E-state index in [1.165, 1.54) is 0 Å². The van der Waals surface area contributed by atoms with E-state index in [1.807, 2.05) is 0 Å². The lowest BCUT2D eigenvalue weighted by Crippen LogP contribution is -2.15. The molecule has 2 atom stereocenters. The van der Waals surface area contributed by atoms with Crippen LogP contribution in [0.15, 0.2) is 5.18 Å². The minimum absolute atomic E-state index is 0.177. The fraction of sp³-hybridized carbons (Fsp3) is 1.00. The lowest BCUT2D eigenvalue weighted by Gasteiger charge is -1.92. The maximum atomic E-state index is 9.90. The van der Waals surface area contributed by atoms with Gasteiger partial charge in [0, 0.05) is 24.9 Å². The molecule has 0 amide bonds. The molecule has 0 aromatic rings. The first-order valence-electron chi connectivity index (χ1n) is 2.96. The Kier molecular flexibility index (Phi) is 0.713. The second-order valence-electron chi connectivity index (χ2n) is 2.58. The molecule has 3 heteroatoms. The average molecular weight is 112 g/mol. The van der Waals surface area contributed by atoms with Gasteiger partial charge in [0.25, 0.3) is 0 Å². The number of fused-ring (bicyclic) bond motifs is 1. The highest BCUT2D eigenvalue weighted by molar-refractivity contribution is 5.08. The van der Waals surface area contributed by atoms with Crippen LogP contribution in [0.4, 0.5) is 0 Å². The molecule has 1 aliphatic carbocycles. The van der Waals surface area contributed by atoms with E-state index < -0.39 is 0 Å². The molecule has 8 heavy (non-hydrogen) atoms. The van der Waals surface area contributed by atoms with Crippen LogP contribution < -0.4 is 5.32 Å². The summed E-state index contributed by atoms with van der Waals surface area (Å²) in [5, 5.41) is 6.18. The summed E-state index contributed by atoms with van der Waals surface area (Å²) < 4.78 is 0. The second-order valence-corrected chi connectivity index (χ2v) is 2.58. The molecule has 0 spiro atoms. The van der Waals surface area contributed by atoms with Crippen molar-refractivity contribution >= 4 is 0 Å². The van der Waals surface area contributed by atoms with E-state index in [4.69, 9.17) is 0 Å². The second kappa shape index (κ2) is 1.29. The molecule has 1 heterocycles. The van der Waals surface area contributed by atoms with Crippen LogP contribution in [-0.2, 0) is 0 Å². The van der Waals surface area contributed by atoms with Crippen LogP contribution in [0, 0.1) is 16.7 Å². The van der Waals surface area contributed by atoms with Gasteiger partial charge in [-0.15, -0.1) is 0 Å². The lowest BCUT2D eigenvalue weighted by atomic mass is 10.4. The molecular weight excluding hydrogens is 104 g/mol. The van der Waals surface area contributed by atoms with Crippen molar-refractivity contribution in [3.05, 3.63) is 4.91 Å². The zero-order chi connectivity index (χ0) is 5.56. The Labute approximate surface area is 47.4 Å². The van der Waals surface area contributed by atoms with Gasteiger partial charge in [0.2, 0.25) is 0 Å². The molecular formula is C5H8N2O. The largest absolute Gasteiger partial charge is 0.316 e. The van der Waals surface area contributed by atoms with Gasteiger partial charge in [-0.2, -0.15) is 4.91 Å². The normalized spacial score (nSPS) is 50.8. The molecule has 1 N–H and O–H groups in total. The third kappa shape index (κ3) is 0.375. The molecule has 1 aliphatic heterocycles. The van der Waals surface area contributed by atoms with Gasteiger partial charge in [-0.05, 0) is 0 Å². The minimum Gasteiger partial charge on any atom is -0.316 e. The van der Waals surface area contributed by atoms with Crippen LogP contribution in [0.25, 0.3) is 0 Å². The number of hydrogen-bond acceptors (Lipinski definition) is 3. The summed E-state index contributed by atoms with van der Waals surface area (Å²) >= 11 is 0. The summed E-state index contributed by atoms with van der Waals surface area (Å²) in [5.74, 6) is 1.21. The van der Waals surface area contributed by atoms with Gasteiger partial charge in [-0.3, -0.25) is 0 Å². The molecule has 0 aromatic heterocycles. The number of nitrogens with one attached hydrogen (secondary N) is 1. The molecule has 2 rings (SSSR count). The molecule has 2 aliphatic rings. The maximum absolute atomic E-state index is 9.90. The fourth-order valence-corrected chi connectivity index (χ4v) is 1.54. The van der Waals surface area contributed by atoms with Crippen LogP contribution in [0.5, 0.6) is 0 Å². The molecule has 0 radical (unpaired) electrons. The Morgan fingerprint density at radius 2 is 2.00 bits per heavy atom. The zero-order valence-electron chi connectivity index (χ0n) is 4.50. The van der Waals surface area contributed by atoms with E-state index in [2.05, 4.69) is 10.5 Å². The molecule has 2 unspecified atom stereocenters. The molecule has 1 saturated carbocycles. The summed E-state index contributed by atoms with van der Waals surface area (Å²) in [4.78, 5) is 9.90. The molecule has 0 aromatic carbocycles. The van der Waals surface area contributed by atoms with Crippen molar-refractivity contribution in [3.63, 3.8) is 0 Å². The number of nitrogens with zero attached hydrogens (tertiary/aromatic N) is 1. The summed E-state index contributed by atoms with van der Waals surface area (Å²) in [6.07, 6.45) is 0. The van der Waals surface area contributed by atoms with Crippen LogP contribution in [0.3, 0.4) is 0 Å². The maximum Gasteiger partial charge on any atom is 0.101 e. The van der Waals surface area contributed by atoms with Gasteiger partial charge in [0.1, 0.15) is 6.04 Å². The third-order valence-electron chi connectivity index (χ3n) is 2.17. The van der Waals surface area contributed by atoms with Gasteiger partial charge in [-0.1, -0.05) is 5.18 Å². The standard InChI is InChI=1S/C5H8N2O/c8-7-5-3-1-6-2-4(3)5/h3-6H,1-2H2. The molecule has 3 nitrogen and oxygen atoms in total. The first-order chi connectivity index (χ1) is 3.93. The van der Waals surface area contributed by atoms with Crippen LogP contribution in [-0.4, -0.2) is 19.1 Å². The van der Waals surface area contributed by atoms with Crippen molar-refractivity contribution in [2.75, 3.05) is 13.1 Å². The lowest BCUT2D eigenvalue weighted by molar-refractivity contribution is 0.676. The van der Waals surface area contributed by atoms with Gasteiger partial charge in [0.05, 0.1) is 0 Å². The van der Waals surface area contributed by atoms with Crippen molar-refractivity contribution in [1.82, 2.24) is 5.32 Å². The SMILES string of the molecule is O=NC1C2CNCC21. The highest BCUT2D eigenvalue weighted by Gasteiger charge is 2.54.